The number of rotatable bonds is 9. The lowest BCUT2D eigenvalue weighted by molar-refractivity contribution is 0.207. The van der Waals surface area contributed by atoms with Crippen molar-refractivity contribution in [2.24, 2.45) is 0 Å². The van der Waals surface area contributed by atoms with E-state index >= 15 is 0 Å². The van der Waals surface area contributed by atoms with Gasteiger partial charge >= 0.3 is 0 Å². The Morgan fingerprint density at radius 2 is 1.57 bits per heavy atom. The molecule has 0 saturated carbocycles. The van der Waals surface area contributed by atoms with Crippen LogP contribution in [0.3, 0.4) is 0 Å². The number of furan rings is 1. The lowest BCUT2D eigenvalue weighted by Gasteiger charge is -2.43. The fourth-order valence-electron chi connectivity index (χ4n) is 4.09. The van der Waals surface area contributed by atoms with Gasteiger partial charge < -0.3 is 13.9 Å². The fraction of sp³-hybridized carbons (Fsp3) is 0.308. The summed E-state index contributed by atoms with van der Waals surface area (Å²) in [5.74, 6) is 0. The van der Waals surface area contributed by atoms with Gasteiger partial charge in [0.2, 0.25) is 0 Å². The molecule has 1 aromatic heterocycles. The molecule has 0 unspecified atom stereocenters. The van der Waals surface area contributed by atoms with Crippen molar-refractivity contribution in [2.45, 2.75) is 44.8 Å². The molecule has 0 aliphatic carbocycles. The summed E-state index contributed by atoms with van der Waals surface area (Å²) < 4.78 is 12.0. The van der Waals surface area contributed by atoms with E-state index in [2.05, 4.69) is 88.0 Å². The van der Waals surface area contributed by atoms with Crippen LogP contribution in [0.25, 0.3) is 0 Å². The molecule has 1 atom stereocenters. The van der Waals surface area contributed by atoms with E-state index in [1.54, 1.807) is 18.6 Å². The molecule has 0 bridgehead atoms. The van der Waals surface area contributed by atoms with Gasteiger partial charge in [-0.05, 0) is 39.9 Å². The molecule has 3 nitrogen and oxygen atoms in total. The first-order valence-corrected chi connectivity index (χ1v) is 12.4. The van der Waals surface area contributed by atoms with E-state index in [9.17, 15) is 5.11 Å². The van der Waals surface area contributed by atoms with E-state index in [1.165, 1.54) is 10.4 Å². The van der Waals surface area contributed by atoms with Gasteiger partial charge in [-0.3, -0.25) is 0 Å². The normalized spacial score (nSPS) is 13.2. The molecule has 0 saturated heterocycles. The number of aliphatic hydroxyl groups excluding tert-OH is 1. The summed E-state index contributed by atoms with van der Waals surface area (Å²) in [4.78, 5) is 0. The topological polar surface area (TPSA) is 42.6 Å². The minimum absolute atomic E-state index is 0.0387. The Morgan fingerprint density at radius 3 is 2.03 bits per heavy atom. The molecule has 0 amide bonds. The van der Waals surface area contributed by atoms with E-state index in [0.29, 0.717) is 13.0 Å². The van der Waals surface area contributed by atoms with Crippen LogP contribution in [0, 0.1) is 0 Å². The lowest BCUT2D eigenvalue weighted by atomic mass is 10.0. The van der Waals surface area contributed by atoms with Crippen molar-refractivity contribution in [2.75, 3.05) is 6.61 Å². The van der Waals surface area contributed by atoms with Gasteiger partial charge in [0.05, 0.1) is 12.5 Å². The van der Waals surface area contributed by atoms with Crippen LogP contribution in [0.2, 0.25) is 5.04 Å². The summed E-state index contributed by atoms with van der Waals surface area (Å²) in [7, 11) is -2.51. The van der Waals surface area contributed by atoms with E-state index in [4.69, 9.17) is 8.84 Å². The highest BCUT2D eigenvalue weighted by Gasteiger charge is 2.49. The van der Waals surface area contributed by atoms with Gasteiger partial charge in [-0.2, -0.15) is 0 Å². The van der Waals surface area contributed by atoms with Gasteiger partial charge in [0.25, 0.3) is 8.32 Å². The third-order valence-electron chi connectivity index (χ3n) is 5.62. The third-order valence-corrected chi connectivity index (χ3v) is 10.7. The van der Waals surface area contributed by atoms with Crippen LogP contribution in [0.5, 0.6) is 0 Å². The molecule has 30 heavy (non-hydrogen) atoms. The van der Waals surface area contributed by atoms with Crippen LogP contribution >= 0.6 is 0 Å². The minimum atomic E-state index is -2.51. The molecular formula is C26H32O3Si. The van der Waals surface area contributed by atoms with E-state index in [-0.39, 0.29) is 5.04 Å². The van der Waals surface area contributed by atoms with E-state index < -0.39 is 14.4 Å². The first kappa shape index (κ1) is 22.3. The Labute approximate surface area is 181 Å². The summed E-state index contributed by atoms with van der Waals surface area (Å²) in [5.41, 5.74) is 1.52. The van der Waals surface area contributed by atoms with Crippen molar-refractivity contribution in [1.82, 2.24) is 0 Å². The molecule has 1 N–H and O–H groups in total. The highest BCUT2D eigenvalue weighted by Crippen LogP contribution is 2.37. The average molecular weight is 421 g/mol. The SMILES string of the molecule is C=C(CCCO[Si](c1ccccc1)(c1ccccc1)C(C)(C)C)[C@H](O)c1ccoc1. The molecule has 158 valence electrons. The second-order valence-electron chi connectivity index (χ2n) is 8.73. The Balaban J connectivity index is 1.79. The molecule has 0 aliphatic heterocycles. The first-order valence-electron chi connectivity index (χ1n) is 10.5. The standard InChI is InChI=1S/C26H32O3Si/c1-21(25(27)22-17-19-28-20-22)12-11-18-29-30(26(2,3)4,23-13-7-5-8-14-23)24-15-9-6-10-16-24/h5-10,13-17,19-20,25,27H,1,11-12,18H2,2-4H3/t25-/m0/s1. The van der Waals surface area contributed by atoms with Gasteiger partial charge in [-0.1, -0.05) is 88.0 Å². The molecule has 1 heterocycles. The molecule has 0 fully saturated rings. The Bertz CT molecular complexity index is 872. The van der Waals surface area contributed by atoms with Crippen LogP contribution in [0.4, 0.5) is 0 Å². The van der Waals surface area contributed by atoms with Gasteiger partial charge in [-0.15, -0.1) is 0 Å². The quantitative estimate of drug-likeness (QED) is 0.293. The van der Waals surface area contributed by atoms with Crippen molar-refractivity contribution in [1.29, 1.82) is 0 Å². The van der Waals surface area contributed by atoms with Crippen molar-refractivity contribution in [3.63, 3.8) is 0 Å². The van der Waals surface area contributed by atoms with Crippen LogP contribution in [-0.2, 0) is 4.43 Å². The van der Waals surface area contributed by atoms with Gasteiger partial charge in [-0.25, -0.2) is 0 Å². The smallest absolute Gasteiger partial charge is 0.261 e. The Morgan fingerprint density at radius 1 is 1.00 bits per heavy atom. The average Bonchev–Trinajstić information content (AvgIpc) is 3.28. The maximum absolute atomic E-state index is 10.4. The molecule has 2 aromatic carbocycles. The second-order valence-corrected chi connectivity index (χ2v) is 13.0. The fourth-order valence-corrected chi connectivity index (χ4v) is 8.70. The van der Waals surface area contributed by atoms with E-state index in [0.717, 1.165) is 17.6 Å². The highest BCUT2D eigenvalue weighted by atomic mass is 28.4. The minimum Gasteiger partial charge on any atom is -0.472 e. The molecule has 0 aliphatic rings. The van der Waals surface area contributed by atoms with Crippen molar-refractivity contribution in [3.8, 4) is 0 Å². The van der Waals surface area contributed by atoms with Crippen LogP contribution in [-0.4, -0.2) is 20.0 Å². The molecule has 4 heteroatoms. The molecular weight excluding hydrogens is 388 g/mol. The number of benzene rings is 2. The maximum Gasteiger partial charge on any atom is 0.261 e. The summed E-state index contributed by atoms with van der Waals surface area (Å²) in [5, 5.41) is 12.9. The molecule has 3 rings (SSSR count). The van der Waals surface area contributed by atoms with Gasteiger partial charge in [0.15, 0.2) is 0 Å². The number of aliphatic hydroxyl groups is 1. The zero-order valence-electron chi connectivity index (χ0n) is 18.2. The Kier molecular flexibility index (Phi) is 7.13. The van der Waals surface area contributed by atoms with Crippen molar-refractivity contribution in [3.05, 3.63) is 97.0 Å². The summed E-state index contributed by atoms with van der Waals surface area (Å²) in [6.45, 7) is 11.5. The molecule has 0 radical (unpaired) electrons. The van der Waals surface area contributed by atoms with Crippen LogP contribution in [0.15, 0.2) is 95.8 Å². The number of hydrogen-bond donors (Lipinski definition) is 1. The van der Waals surface area contributed by atoms with Crippen molar-refractivity contribution >= 4 is 18.7 Å². The summed E-state index contributed by atoms with van der Waals surface area (Å²) in [6.07, 6.45) is 3.94. The second kappa shape index (κ2) is 9.60. The van der Waals surface area contributed by atoms with Crippen LogP contribution < -0.4 is 10.4 Å². The van der Waals surface area contributed by atoms with E-state index in [1.807, 2.05) is 0 Å². The van der Waals surface area contributed by atoms with Gasteiger partial charge in [0.1, 0.15) is 6.10 Å². The summed E-state index contributed by atoms with van der Waals surface area (Å²) >= 11 is 0. The Hall–Kier alpha value is -2.40. The maximum atomic E-state index is 10.4. The zero-order valence-corrected chi connectivity index (χ0v) is 19.2. The van der Waals surface area contributed by atoms with Crippen molar-refractivity contribution < 1.29 is 13.9 Å². The monoisotopic (exact) mass is 420 g/mol. The van der Waals surface area contributed by atoms with Crippen LogP contribution in [0.1, 0.15) is 45.3 Å². The summed E-state index contributed by atoms with van der Waals surface area (Å²) in [6, 6.07) is 23.1. The van der Waals surface area contributed by atoms with Gasteiger partial charge in [0, 0.05) is 12.2 Å². The predicted octanol–water partition coefficient (Wildman–Crippen LogP) is 5.23. The zero-order chi connectivity index (χ0) is 21.6. The third kappa shape index (κ3) is 4.67. The lowest BCUT2D eigenvalue weighted by Crippen LogP contribution is -2.66. The first-order chi connectivity index (χ1) is 14.4. The molecule has 0 spiro atoms. The largest absolute Gasteiger partial charge is 0.472 e. The highest BCUT2D eigenvalue weighted by molar-refractivity contribution is 6.99. The number of hydrogen-bond acceptors (Lipinski definition) is 3. The predicted molar refractivity (Wildman–Crippen MR) is 126 cm³/mol. The molecule has 3 aromatic rings.